The topological polar surface area (TPSA) is 38.8 Å². The Bertz CT molecular complexity index is 638. The lowest BCUT2D eigenvalue weighted by atomic mass is 9.68. The first-order valence-corrected chi connectivity index (χ1v) is 11.2. The zero-order chi connectivity index (χ0) is 21.5. The summed E-state index contributed by atoms with van der Waals surface area (Å²) in [6.45, 7) is 13.3. The number of rotatable bonds is 10. The Hall–Kier alpha value is -1.55. The molecule has 0 bridgehead atoms. The Labute approximate surface area is 178 Å². The molecular weight excluding hydrogens is 362 g/mol. The molecule has 29 heavy (non-hydrogen) atoms. The number of ether oxygens (including phenoxy) is 2. The maximum Gasteiger partial charge on any atom is 0.222 e. The summed E-state index contributed by atoms with van der Waals surface area (Å²) in [5, 5.41) is 0. The van der Waals surface area contributed by atoms with Gasteiger partial charge in [-0.15, -0.1) is 0 Å². The van der Waals surface area contributed by atoms with Crippen LogP contribution in [0.3, 0.4) is 0 Å². The minimum absolute atomic E-state index is 0.0786. The molecular formula is C25H41NO3. The summed E-state index contributed by atoms with van der Waals surface area (Å²) in [6.07, 6.45) is 6.21. The lowest BCUT2D eigenvalue weighted by molar-refractivity contribution is -0.133. The fourth-order valence-corrected chi connectivity index (χ4v) is 4.57. The molecule has 0 spiro atoms. The van der Waals surface area contributed by atoms with Crippen molar-refractivity contribution in [2.45, 2.75) is 85.3 Å². The van der Waals surface area contributed by atoms with Gasteiger partial charge in [-0.2, -0.15) is 0 Å². The first kappa shape index (κ1) is 23.7. The maximum atomic E-state index is 12.7. The molecule has 1 amide bonds. The van der Waals surface area contributed by atoms with Gasteiger partial charge in [-0.05, 0) is 68.6 Å². The summed E-state index contributed by atoms with van der Waals surface area (Å²) in [4.78, 5) is 14.7. The number of benzene rings is 1. The summed E-state index contributed by atoms with van der Waals surface area (Å²) >= 11 is 0. The number of carbonyl (C=O) groups is 1. The lowest BCUT2D eigenvalue weighted by Crippen LogP contribution is -2.43. The van der Waals surface area contributed by atoms with Gasteiger partial charge >= 0.3 is 0 Å². The summed E-state index contributed by atoms with van der Waals surface area (Å²) in [5.74, 6) is 1.77. The van der Waals surface area contributed by atoms with Gasteiger partial charge in [0.25, 0.3) is 0 Å². The largest absolute Gasteiger partial charge is 0.497 e. The van der Waals surface area contributed by atoms with Gasteiger partial charge in [-0.3, -0.25) is 4.79 Å². The number of nitrogens with zero attached hydrogens (tertiary/aromatic N) is 1. The molecule has 0 unspecified atom stereocenters. The van der Waals surface area contributed by atoms with Crippen LogP contribution >= 0.6 is 0 Å². The first-order chi connectivity index (χ1) is 13.7. The van der Waals surface area contributed by atoms with Crippen LogP contribution < -0.4 is 4.74 Å². The fraction of sp³-hybridized carbons (Fsp3) is 0.720. The minimum Gasteiger partial charge on any atom is -0.497 e. The Balaban J connectivity index is 2.11. The van der Waals surface area contributed by atoms with Crippen LogP contribution in [0.25, 0.3) is 0 Å². The third-order valence-corrected chi connectivity index (χ3v) is 6.28. The van der Waals surface area contributed by atoms with Crippen LogP contribution in [0, 0.1) is 11.3 Å². The predicted octanol–water partition coefficient (Wildman–Crippen LogP) is 5.84. The molecule has 1 aromatic rings. The van der Waals surface area contributed by atoms with Crippen LogP contribution in [0.15, 0.2) is 24.3 Å². The maximum absolute atomic E-state index is 12.7. The number of hydrogen-bond acceptors (Lipinski definition) is 3. The van der Waals surface area contributed by atoms with Gasteiger partial charge in [0.15, 0.2) is 0 Å². The highest BCUT2D eigenvalue weighted by molar-refractivity contribution is 5.75. The van der Waals surface area contributed by atoms with Crippen molar-refractivity contribution in [3.8, 4) is 5.75 Å². The van der Waals surface area contributed by atoms with E-state index in [-0.39, 0.29) is 16.9 Å². The molecule has 1 atom stereocenters. The van der Waals surface area contributed by atoms with E-state index < -0.39 is 0 Å². The highest BCUT2D eigenvalue weighted by Crippen LogP contribution is 2.45. The van der Waals surface area contributed by atoms with Crippen LogP contribution in [0.5, 0.6) is 5.75 Å². The van der Waals surface area contributed by atoms with E-state index in [1.54, 1.807) is 7.11 Å². The Kier molecular flexibility index (Phi) is 8.57. The zero-order valence-electron chi connectivity index (χ0n) is 19.4. The highest BCUT2D eigenvalue weighted by atomic mass is 16.5. The third-order valence-electron chi connectivity index (χ3n) is 6.28. The highest BCUT2D eigenvalue weighted by Gasteiger charge is 2.40. The van der Waals surface area contributed by atoms with Gasteiger partial charge < -0.3 is 14.4 Å². The molecule has 0 N–H and O–H groups in total. The average molecular weight is 404 g/mol. The van der Waals surface area contributed by atoms with Crippen molar-refractivity contribution in [2.75, 3.05) is 20.3 Å². The monoisotopic (exact) mass is 403 g/mol. The van der Waals surface area contributed by atoms with Crippen LogP contribution in [-0.2, 0) is 16.1 Å². The Morgan fingerprint density at radius 2 is 1.90 bits per heavy atom. The SMILES string of the molecule is CCC(=O)N(CC[C@@]1(CCC(C)C)CCOC(C)(C)C1)Cc1ccc(OC)cc1. The predicted molar refractivity (Wildman–Crippen MR) is 119 cm³/mol. The van der Waals surface area contributed by atoms with Crippen molar-refractivity contribution >= 4 is 5.91 Å². The normalized spacial score (nSPS) is 21.2. The number of carbonyl (C=O) groups excluding carboxylic acids is 1. The summed E-state index contributed by atoms with van der Waals surface area (Å²) < 4.78 is 11.3. The van der Waals surface area contributed by atoms with Crippen LogP contribution in [0.2, 0.25) is 0 Å². The van der Waals surface area contributed by atoms with Crippen LogP contribution in [0.4, 0.5) is 0 Å². The van der Waals surface area contributed by atoms with Crippen molar-refractivity contribution in [1.29, 1.82) is 0 Å². The molecule has 0 radical (unpaired) electrons. The second-order valence-electron chi connectivity index (χ2n) is 9.73. The standard InChI is InChI=1S/C25H41NO3/c1-7-23(27)26(18-21-8-10-22(28-6)11-9-21)16-14-25(13-12-20(2)3)15-17-29-24(4,5)19-25/h8-11,20H,7,12-19H2,1-6H3/t25-/m0/s1. The minimum atomic E-state index is -0.0786. The van der Waals surface area contributed by atoms with E-state index in [2.05, 4.69) is 39.8 Å². The van der Waals surface area contributed by atoms with Crippen molar-refractivity contribution in [3.05, 3.63) is 29.8 Å². The van der Waals surface area contributed by atoms with E-state index in [9.17, 15) is 4.79 Å². The van der Waals surface area contributed by atoms with Gasteiger partial charge in [-0.1, -0.05) is 39.3 Å². The molecule has 2 rings (SSSR count). The molecule has 1 saturated heterocycles. The van der Waals surface area contributed by atoms with E-state index >= 15 is 0 Å². The van der Waals surface area contributed by atoms with Gasteiger partial charge in [-0.25, -0.2) is 0 Å². The molecule has 0 saturated carbocycles. The molecule has 1 aliphatic rings. The van der Waals surface area contributed by atoms with Crippen molar-refractivity contribution in [3.63, 3.8) is 0 Å². The van der Waals surface area contributed by atoms with Gasteiger partial charge in [0.1, 0.15) is 5.75 Å². The Morgan fingerprint density at radius 1 is 1.21 bits per heavy atom. The molecule has 0 aliphatic carbocycles. The smallest absolute Gasteiger partial charge is 0.222 e. The summed E-state index contributed by atoms with van der Waals surface area (Å²) in [6, 6.07) is 8.05. The second kappa shape index (κ2) is 10.5. The summed E-state index contributed by atoms with van der Waals surface area (Å²) in [5.41, 5.74) is 1.33. The molecule has 0 aromatic heterocycles. The van der Waals surface area contributed by atoms with Crippen LogP contribution in [0.1, 0.15) is 78.7 Å². The molecule has 164 valence electrons. The molecule has 1 heterocycles. The van der Waals surface area contributed by atoms with E-state index in [4.69, 9.17) is 9.47 Å². The van der Waals surface area contributed by atoms with Gasteiger partial charge in [0.2, 0.25) is 5.91 Å². The molecule has 4 nitrogen and oxygen atoms in total. The van der Waals surface area contributed by atoms with Crippen molar-refractivity contribution < 1.29 is 14.3 Å². The molecule has 1 aromatic carbocycles. The molecule has 1 fully saturated rings. The summed E-state index contributed by atoms with van der Waals surface area (Å²) in [7, 11) is 1.67. The Morgan fingerprint density at radius 3 is 2.45 bits per heavy atom. The molecule has 4 heteroatoms. The number of hydrogen-bond donors (Lipinski definition) is 0. The van der Waals surface area contributed by atoms with E-state index in [0.717, 1.165) is 43.7 Å². The van der Waals surface area contributed by atoms with E-state index in [1.807, 2.05) is 24.0 Å². The zero-order valence-corrected chi connectivity index (χ0v) is 19.4. The quantitative estimate of drug-likeness (QED) is 0.493. The fourth-order valence-electron chi connectivity index (χ4n) is 4.57. The molecule has 1 aliphatic heterocycles. The average Bonchev–Trinajstić information content (AvgIpc) is 2.69. The van der Waals surface area contributed by atoms with Crippen molar-refractivity contribution in [2.24, 2.45) is 11.3 Å². The number of amides is 1. The van der Waals surface area contributed by atoms with Crippen LogP contribution in [-0.4, -0.2) is 36.7 Å². The van der Waals surface area contributed by atoms with E-state index in [0.29, 0.717) is 18.9 Å². The lowest BCUT2D eigenvalue weighted by Gasteiger charge is -2.46. The van der Waals surface area contributed by atoms with Crippen molar-refractivity contribution in [1.82, 2.24) is 4.90 Å². The first-order valence-electron chi connectivity index (χ1n) is 11.2. The second-order valence-corrected chi connectivity index (χ2v) is 9.73. The van der Waals surface area contributed by atoms with E-state index in [1.165, 1.54) is 12.8 Å². The number of methoxy groups -OCH3 is 1. The third kappa shape index (κ3) is 7.33. The van der Waals surface area contributed by atoms with Gasteiger partial charge in [0.05, 0.1) is 12.7 Å². The van der Waals surface area contributed by atoms with Gasteiger partial charge in [0, 0.05) is 26.1 Å².